The summed E-state index contributed by atoms with van der Waals surface area (Å²) in [5.41, 5.74) is 0. The van der Waals surface area contributed by atoms with E-state index < -0.39 is 0 Å². The summed E-state index contributed by atoms with van der Waals surface area (Å²) in [6.07, 6.45) is 0.782. The predicted molar refractivity (Wildman–Crippen MR) is 67.2 cm³/mol. The molecule has 0 aliphatic heterocycles. The maximum atomic E-state index is 11.0. The normalized spacial score (nSPS) is 13.3. The van der Waals surface area contributed by atoms with Crippen LogP contribution < -0.4 is 0 Å². The first-order chi connectivity index (χ1) is 8.82. The van der Waals surface area contributed by atoms with Crippen LogP contribution in [-0.4, -0.2) is 37.2 Å². The zero-order valence-electron chi connectivity index (χ0n) is 11.9. The van der Waals surface area contributed by atoms with Crippen molar-refractivity contribution in [2.24, 2.45) is 5.92 Å². The second-order valence-corrected chi connectivity index (χ2v) is 4.41. The summed E-state index contributed by atoms with van der Waals surface area (Å²) in [4.78, 5) is 32.4. The molecule has 0 aromatic heterocycles. The van der Waals surface area contributed by atoms with Crippen molar-refractivity contribution in [3.05, 3.63) is 0 Å². The van der Waals surface area contributed by atoms with Gasteiger partial charge in [0.15, 0.2) is 0 Å². The minimum Gasteiger partial charge on any atom is -0.466 e. The lowest BCUT2D eigenvalue weighted by atomic mass is 10.0. The van der Waals surface area contributed by atoms with Crippen LogP contribution in [0.4, 0.5) is 0 Å². The molecule has 0 aliphatic rings. The smallest absolute Gasteiger partial charge is 0.302 e. The van der Waals surface area contributed by atoms with E-state index in [0.29, 0.717) is 12.8 Å². The van der Waals surface area contributed by atoms with Crippen molar-refractivity contribution in [1.82, 2.24) is 0 Å². The minimum atomic E-state index is -0.382. The highest BCUT2D eigenvalue weighted by Crippen LogP contribution is 2.15. The van der Waals surface area contributed by atoms with E-state index in [0.717, 1.165) is 0 Å². The fourth-order valence-corrected chi connectivity index (χ4v) is 1.53. The highest BCUT2D eigenvalue weighted by atomic mass is 16.6. The Morgan fingerprint density at radius 2 is 1.53 bits per heavy atom. The molecule has 0 saturated carbocycles. The van der Waals surface area contributed by atoms with Crippen LogP contribution in [0.15, 0.2) is 0 Å². The summed E-state index contributed by atoms with van der Waals surface area (Å²) in [5.74, 6) is -1.19. The van der Waals surface area contributed by atoms with Gasteiger partial charge in [-0.25, -0.2) is 0 Å². The van der Waals surface area contributed by atoms with Gasteiger partial charge in [-0.05, 0) is 12.8 Å². The molecule has 6 nitrogen and oxygen atoms in total. The average molecular weight is 274 g/mol. The van der Waals surface area contributed by atoms with Crippen LogP contribution in [-0.2, 0) is 28.6 Å². The lowest BCUT2D eigenvalue weighted by molar-refractivity contribution is -0.153. The predicted octanol–water partition coefficient (Wildman–Crippen LogP) is 1.46. The minimum absolute atomic E-state index is 0.106. The molecule has 0 aromatic rings. The van der Waals surface area contributed by atoms with Crippen molar-refractivity contribution in [2.45, 2.75) is 46.6 Å². The summed E-state index contributed by atoms with van der Waals surface area (Å²) < 4.78 is 14.9. The average Bonchev–Trinajstić information content (AvgIpc) is 2.29. The zero-order valence-corrected chi connectivity index (χ0v) is 11.9. The number of rotatable bonds is 8. The number of hydrogen-bond donors (Lipinski definition) is 0. The summed E-state index contributed by atoms with van der Waals surface area (Å²) in [5, 5.41) is 0. The lowest BCUT2D eigenvalue weighted by Gasteiger charge is -2.23. The van der Waals surface area contributed by atoms with Gasteiger partial charge in [-0.2, -0.15) is 0 Å². The van der Waals surface area contributed by atoms with Crippen LogP contribution in [0.25, 0.3) is 0 Å². The van der Waals surface area contributed by atoms with E-state index in [4.69, 9.17) is 14.2 Å². The lowest BCUT2D eigenvalue weighted by Crippen LogP contribution is -2.28. The summed E-state index contributed by atoms with van der Waals surface area (Å²) >= 11 is 0. The third kappa shape index (κ3) is 10.1. The molecule has 0 heterocycles. The number of ether oxygens (including phenoxy) is 3. The first-order valence-electron chi connectivity index (χ1n) is 6.26. The Morgan fingerprint density at radius 1 is 0.947 bits per heavy atom. The van der Waals surface area contributed by atoms with Crippen molar-refractivity contribution in [3.63, 3.8) is 0 Å². The molecular weight excluding hydrogens is 252 g/mol. The molecular formula is C13H22O6. The van der Waals surface area contributed by atoms with Crippen molar-refractivity contribution in [1.29, 1.82) is 0 Å². The molecule has 0 saturated heterocycles. The topological polar surface area (TPSA) is 78.9 Å². The van der Waals surface area contributed by atoms with Crippen LogP contribution in [0.3, 0.4) is 0 Å². The molecule has 19 heavy (non-hydrogen) atoms. The van der Waals surface area contributed by atoms with Gasteiger partial charge in [0.2, 0.25) is 0 Å². The maximum Gasteiger partial charge on any atom is 0.302 e. The van der Waals surface area contributed by atoms with E-state index >= 15 is 0 Å². The van der Waals surface area contributed by atoms with Crippen molar-refractivity contribution < 1.29 is 28.6 Å². The molecule has 0 rings (SSSR count). The monoisotopic (exact) mass is 274 g/mol. The van der Waals surface area contributed by atoms with E-state index in [-0.39, 0.29) is 43.1 Å². The third-order valence-corrected chi connectivity index (χ3v) is 2.44. The number of carbonyl (C=O) groups is 3. The second-order valence-electron chi connectivity index (χ2n) is 4.41. The van der Waals surface area contributed by atoms with Gasteiger partial charge in [0.05, 0.1) is 13.2 Å². The molecule has 0 fully saturated rings. The maximum absolute atomic E-state index is 11.0. The van der Waals surface area contributed by atoms with Gasteiger partial charge >= 0.3 is 17.9 Å². The molecule has 0 aromatic carbocycles. The molecule has 0 amide bonds. The molecule has 0 N–H and O–H groups in total. The summed E-state index contributed by atoms with van der Waals surface area (Å²) in [7, 11) is 0. The largest absolute Gasteiger partial charge is 0.466 e. The van der Waals surface area contributed by atoms with Gasteiger partial charge in [0.25, 0.3) is 0 Å². The van der Waals surface area contributed by atoms with Gasteiger partial charge in [-0.15, -0.1) is 0 Å². The van der Waals surface area contributed by atoms with Crippen LogP contribution in [0.2, 0.25) is 0 Å². The van der Waals surface area contributed by atoms with Crippen LogP contribution in [0.5, 0.6) is 0 Å². The molecule has 0 radical (unpaired) electrons. The molecule has 0 aliphatic carbocycles. The fourth-order valence-electron chi connectivity index (χ4n) is 1.53. The second kappa shape index (κ2) is 9.35. The SMILES string of the molecule is CC(=O)OCCC[C@@H](OC(C)=O)[C@H](C)COC(C)=O. The van der Waals surface area contributed by atoms with Crippen LogP contribution >= 0.6 is 0 Å². The molecule has 0 bridgehead atoms. The molecule has 2 atom stereocenters. The fraction of sp³-hybridized carbons (Fsp3) is 0.769. The van der Waals surface area contributed by atoms with E-state index in [9.17, 15) is 14.4 Å². The van der Waals surface area contributed by atoms with E-state index in [1.807, 2.05) is 6.92 Å². The van der Waals surface area contributed by atoms with Crippen molar-refractivity contribution in [2.75, 3.05) is 13.2 Å². The van der Waals surface area contributed by atoms with Gasteiger partial charge in [-0.3, -0.25) is 14.4 Å². The van der Waals surface area contributed by atoms with E-state index in [1.165, 1.54) is 20.8 Å². The Labute approximate surface area is 113 Å². The Kier molecular flexibility index (Phi) is 8.57. The third-order valence-electron chi connectivity index (χ3n) is 2.44. The molecule has 0 spiro atoms. The van der Waals surface area contributed by atoms with Crippen molar-refractivity contribution in [3.8, 4) is 0 Å². The Bertz CT molecular complexity index is 312. The molecule has 0 unspecified atom stereocenters. The van der Waals surface area contributed by atoms with E-state index in [1.54, 1.807) is 0 Å². The van der Waals surface area contributed by atoms with Gasteiger partial charge in [-0.1, -0.05) is 6.92 Å². The summed E-state index contributed by atoms with van der Waals surface area (Å²) in [6, 6.07) is 0. The van der Waals surface area contributed by atoms with Gasteiger partial charge < -0.3 is 14.2 Å². The molecule has 6 heteroatoms. The Morgan fingerprint density at radius 3 is 2.00 bits per heavy atom. The van der Waals surface area contributed by atoms with E-state index in [2.05, 4.69) is 0 Å². The quantitative estimate of drug-likeness (QED) is 0.379. The van der Waals surface area contributed by atoms with Crippen LogP contribution in [0.1, 0.15) is 40.5 Å². The van der Waals surface area contributed by atoms with Gasteiger partial charge in [0.1, 0.15) is 6.10 Å². The first-order valence-corrected chi connectivity index (χ1v) is 6.26. The highest BCUT2D eigenvalue weighted by Gasteiger charge is 2.21. The summed E-state index contributed by atoms with van der Waals surface area (Å²) in [6.45, 7) is 6.31. The standard InChI is InChI=1S/C13H22O6/c1-9(8-18-11(3)15)13(19-12(4)16)6-5-7-17-10(2)14/h9,13H,5-8H2,1-4H3/t9-,13-/m1/s1. The number of esters is 3. The number of carbonyl (C=O) groups excluding carboxylic acids is 3. The number of hydrogen-bond acceptors (Lipinski definition) is 6. The van der Waals surface area contributed by atoms with Gasteiger partial charge in [0, 0.05) is 26.7 Å². The first kappa shape index (κ1) is 17.4. The Hall–Kier alpha value is -1.59. The molecule has 110 valence electrons. The van der Waals surface area contributed by atoms with Crippen LogP contribution in [0, 0.1) is 5.92 Å². The van der Waals surface area contributed by atoms with Crippen molar-refractivity contribution >= 4 is 17.9 Å². The highest BCUT2D eigenvalue weighted by molar-refractivity contribution is 5.66. The zero-order chi connectivity index (χ0) is 14.8. The Balaban J connectivity index is 4.16.